The molecular formula is C21H28N4O3S3. The van der Waals surface area contributed by atoms with Crippen molar-refractivity contribution in [2.75, 3.05) is 50.0 Å². The molecule has 2 aromatic rings. The van der Waals surface area contributed by atoms with Gasteiger partial charge in [0.05, 0.1) is 35.6 Å². The van der Waals surface area contributed by atoms with Crippen LogP contribution < -0.4 is 9.62 Å². The van der Waals surface area contributed by atoms with Gasteiger partial charge in [-0.25, -0.2) is 8.42 Å². The molecule has 0 fully saturated rings. The van der Waals surface area contributed by atoms with E-state index in [4.69, 9.17) is 10.1 Å². The van der Waals surface area contributed by atoms with E-state index in [2.05, 4.69) is 16.3 Å². The molecule has 4 rings (SSSR count). The Balaban J connectivity index is 1.43. The Morgan fingerprint density at radius 2 is 2.06 bits per heavy atom. The monoisotopic (exact) mass is 480 g/mol. The molecule has 31 heavy (non-hydrogen) atoms. The van der Waals surface area contributed by atoms with Gasteiger partial charge in [-0.1, -0.05) is 18.2 Å². The second kappa shape index (κ2) is 9.50. The van der Waals surface area contributed by atoms with Crippen molar-refractivity contribution in [3.05, 3.63) is 41.3 Å². The molecule has 0 saturated heterocycles. The van der Waals surface area contributed by atoms with Crippen LogP contribution in [-0.2, 0) is 16.4 Å². The van der Waals surface area contributed by atoms with Crippen molar-refractivity contribution in [2.24, 2.45) is 4.99 Å². The van der Waals surface area contributed by atoms with Crippen LogP contribution in [0.1, 0.15) is 12.0 Å². The van der Waals surface area contributed by atoms with Gasteiger partial charge in [-0.2, -0.15) is 0 Å². The zero-order valence-corrected chi connectivity index (χ0v) is 20.1. The minimum absolute atomic E-state index is 0.0826. The summed E-state index contributed by atoms with van der Waals surface area (Å²) < 4.78 is 27.7. The van der Waals surface area contributed by atoms with E-state index in [9.17, 15) is 8.42 Å². The number of aliphatic imine (C=N–C) groups is 1. The molecule has 2 atom stereocenters. The molecule has 10 heteroatoms. The summed E-state index contributed by atoms with van der Waals surface area (Å²) in [4.78, 5) is 6.93. The van der Waals surface area contributed by atoms with Gasteiger partial charge in [0.2, 0.25) is 0 Å². The van der Waals surface area contributed by atoms with Crippen molar-refractivity contribution in [3.63, 3.8) is 0 Å². The summed E-state index contributed by atoms with van der Waals surface area (Å²) >= 11 is 3.05. The molecule has 2 unspecified atom stereocenters. The third-order valence-electron chi connectivity index (χ3n) is 5.67. The zero-order valence-electron chi connectivity index (χ0n) is 17.7. The van der Waals surface area contributed by atoms with Crippen molar-refractivity contribution in [2.45, 2.75) is 28.3 Å². The first-order valence-corrected chi connectivity index (χ1v) is 13.5. The molecule has 0 saturated carbocycles. The van der Waals surface area contributed by atoms with Gasteiger partial charge < -0.3 is 15.3 Å². The first-order chi connectivity index (χ1) is 14.9. The van der Waals surface area contributed by atoms with Gasteiger partial charge >= 0.3 is 0 Å². The van der Waals surface area contributed by atoms with E-state index in [0.717, 1.165) is 42.2 Å². The molecule has 168 valence electrons. The molecule has 2 N–H and O–H groups in total. The molecule has 2 aliphatic heterocycles. The maximum atomic E-state index is 13.0. The number of sulfonamides is 1. The predicted octanol–water partition coefficient (Wildman–Crippen LogP) is 2.74. The summed E-state index contributed by atoms with van der Waals surface area (Å²) in [6.07, 6.45) is 1.83. The number of nitrogens with zero attached hydrogens (tertiary/aromatic N) is 3. The standard InChI is InChI=1S/C21H28N4O3S3/c1-24(10-11-26)9-8-16-14-22-21(30-16)17-13-15-5-3-6-18(20(15)23-17)25(2)31(27,28)19-7-4-12-29-19/h3-7,12,16-17,23,26H,8-11,13-14H2,1-2H3. The Bertz CT molecular complexity index is 1040. The molecule has 1 aromatic heterocycles. The van der Waals surface area contributed by atoms with E-state index in [0.29, 0.717) is 21.7 Å². The maximum Gasteiger partial charge on any atom is 0.273 e. The number of hydrogen-bond acceptors (Lipinski definition) is 8. The number of likely N-dealkylation sites (N-methyl/N-ethyl adjacent to an activating group) is 1. The number of rotatable bonds is 9. The summed E-state index contributed by atoms with van der Waals surface area (Å²) in [6.45, 7) is 2.62. The van der Waals surface area contributed by atoms with Gasteiger partial charge in [0.1, 0.15) is 4.21 Å². The highest BCUT2D eigenvalue weighted by molar-refractivity contribution is 8.14. The molecule has 2 aliphatic rings. The van der Waals surface area contributed by atoms with E-state index in [-0.39, 0.29) is 12.6 Å². The summed E-state index contributed by atoms with van der Waals surface area (Å²) in [5, 5.41) is 15.9. The fourth-order valence-corrected chi connectivity index (χ4v) is 7.42. The van der Waals surface area contributed by atoms with Gasteiger partial charge in [0.15, 0.2) is 0 Å². The predicted molar refractivity (Wildman–Crippen MR) is 130 cm³/mol. The van der Waals surface area contributed by atoms with Crippen molar-refractivity contribution in [1.82, 2.24) is 4.90 Å². The number of fused-ring (bicyclic) bond motifs is 1. The van der Waals surface area contributed by atoms with Crippen LogP contribution in [0, 0.1) is 0 Å². The van der Waals surface area contributed by atoms with Crippen LogP contribution in [-0.4, -0.2) is 75.1 Å². The van der Waals surface area contributed by atoms with Crippen molar-refractivity contribution in [3.8, 4) is 0 Å². The number of hydrogen-bond donors (Lipinski definition) is 2. The Labute approximate surface area is 192 Å². The molecule has 3 heterocycles. The van der Waals surface area contributed by atoms with E-state index in [1.807, 2.05) is 30.9 Å². The smallest absolute Gasteiger partial charge is 0.273 e. The number of thiophene rings is 1. The van der Waals surface area contributed by atoms with Crippen LogP contribution in [0.2, 0.25) is 0 Å². The van der Waals surface area contributed by atoms with E-state index in [1.54, 1.807) is 24.6 Å². The number of aliphatic hydroxyl groups excluding tert-OH is 1. The van der Waals surface area contributed by atoms with Crippen LogP contribution in [0.15, 0.2) is 44.9 Å². The average molecular weight is 481 g/mol. The van der Waals surface area contributed by atoms with Gasteiger partial charge in [0.25, 0.3) is 10.0 Å². The highest BCUT2D eigenvalue weighted by Gasteiger charge is 2.34. The van der Waals surface area contributed by atoms with Crippen LogP contribution >= 0.6 is 23.1 Å². The largest absolute Gasteiger partial charge is 0.395 e. The maximum absolute atomic E-state index is 13.0. The lowest BCUT2D eigenvalue weighted by Crippen LogP contribution is -2.28. The summed E-state index contributed by atoms with van der Waals surface area (Å²) in [5.74, 6) is 0. The Kier molecular flexibility index (Phi) is 6.92. The Morgan fingerprint density at radius 3 is 2.81 bits per heavy atom. The van der Waals surface area contributed by atoms with Gasteiger partial charge in [0, 0.05) is 25.3 Å². The third-order valence-corrected chi connectivity index (χ3v) is 10.2. The molecule has 1 aromatic carbocycles. The first-order valence-electron chi connectivity index (χ1n) is 10.3. The van der Waals surface area contributed by atoms with Crippen molar-refractivity contribution in [1.29, 1.82) is 0 Å². The lowest BCUT2D eigenvalue weighted by Gasteiger charge is -2.22. The van der Waals surface area contributed by atoms with E-state index >= 15 is 0 Å². The van der Waals surface area contributed by atoms with Gasteiger partial charge in [-0.3, -0.25) is 9.30 Å². The quantitative estimate of drug-likeness (QED) is 0.574. The Hall–Kier alpha value is -1.59. The number of nitrogens with one attached hydrogen (secondary N) is 1. The minimum Gasteiger partial charge on any atom is -0.395 e. The van der Waals surface area contributed by atoms with E-state index < -0.39 is 10.0 Å². The topological polar surface area (TPSA) is 85.2 Å². The first kappa shape index (κ1) is 22.6. The lowest BCUT2D eigenvalue weighted by molar-refractivity contribution is 0.220. The summed E-state index contributed by atoms with van der Waals surface area (Å²) in [6, 6.07) is 9.30. The fourth-order valence-electron chi connectivity index (χ4n) is 3.88. The molecule has 0 spiro atoms. The molecule has 0 amide bonds. The van der Waals surface area contributed by atoms with Gasteiger partial charge in [-0.05, 0) is 43.1 Å². The molecule has 0 radical (unpaired) electrons. The highest BCUT2D eigenvalue weighted by Crippen LogP contribution is 2.40. The second-order valence-electron chi connectivity index (χ2n) is 7.85. The second-order valence-corrected chi connectivity index (χ2v) is 12.3. The average Bonchev–Trinajstić information content (AvgIpc) is 3.51. The Morgan fingerprint density at radius 1 is 1.23 bits per heavy atom. The van der Waals surface area contributed by atoms with Crippen LogP contribution in [0.25, 0.3) is 0 Å². The molecule has 0 bridgehead atoms. The zero-order chi connectivity index (χ0) is 22.0. The van der Waals surface area contributed by atoms with Gasteiger partial charge in [-0.15, -0.1) is 23.1 Å². The fraction of sp³-hybridized carbons (Fsp3) is 0.476. The van der Waals surface area contributed by atoms with Crippen LogP contribution in [0.4, 0.5) is 11.4 Å². The molecule has 0 aliphatic carbocycles. The van der Waals surface area contributed by atoms with Crippen LogP contribution in [0.3, 0.4) is 0 Å². The summed E-state index contributed by atoms with van der Waals surface area (Å²) in [5.41, 5.74) is 2.66. The molecular weight excluding hydrogens is 452 g/mol. The number of benzene rings is 1. The number of para-hydroxylation sites is 1. The van der Waals surface area contributed by atoms with E-state index in [1.165, 1.54) is 15.6 Å². The SMILES string of the molecule is CN(CCO)CCC1CN=C(C2Cc3cccc(N(C)S(=O)(=O)c4cccs4)c3N2)S1. The highest BCUT2D eigenvalue weighted by atomic mass is 32.2. The third kappa shape index (κ3) is 4.78. The summed E-state index contributed by atoms with van der Waals surface area (Å²) in [7, 11) is 0.0525. The van der Waals surface area contributed by atoms with Crippen molar-refractivity contribution >= 4 is 49.5 Å². The normalized spacial score (nSPS) is 20.6. The number of anilines is 2. The lowest BCUT2D eigenvalue weighted by atomic mass is 10.1. The van der Waals surface area contributed by atoms with Crippen molar-refractivity contribution < 1.29 is 13.5 Å². The number of aliphatic hydroxyl groups is 1. The minimum atomic E-state index is -3.58. The number of thioether (sulfide) groups is 1. The molecule has 7 nitrogen and oxygen atoms in total. The van der Waals surface area contributed by atoms with Crippen LogP contribution in [0.5, 0.6) is 0 Å².